The Morgan fingerprint density at radius 3 is 2.50 bits per heavy atom. The van der Waals surface area contributed by atoms with Crippen molar-refractivity contribution >= 4 is 5.91 Å². The van der Waals surface area contributed by atoms with Crippen LogP contribution in [0.25, 0.3) is 0 Å². The number of amides is 1. The van der Waals surface area contributed by atoms with E-state index < -0.39 is 0 Å². The highest BCUT2D eigenvalue weighted by atomic mass is 16.3. The number of hydrogen-bond donors (Lipinski definition) is 2. The van der Waals surface area contributed by atoms with E-state index >= 15 is 0 Å². The third-order valence-electron chi connectivity index (χ3n) is 2.57. The standard InChI is InChI=1S/C10H22N2O2/c1-8(6-11)4-5-10(14)12(3)9(2)7-13/h8-9,13H,4-7,11H2,1-3H3. The molecule has 0 spiro atoms. The van der Waals surface area contributed by atoms with Gasteiger partial charge in [-0.2, -0.15) is 0 Å². The fourth-order valence-electron chi connectivity index (χ4n) is 1.03. The van der Waals surface area contributed by atoms with Gasteiger partial charge in [0.25, 0.3) is 0 Å². The Hall–Kier alpha value is -0.610. The van der Waals surface area contributed by atoms with Gasteiger partial charge < -0.3 is 15.7 Å². The van der Waals surface area contributed by atoms with E-state index in [0.29, 0.717) is 18.9 Å². The summed E-state index contributed by atoms with van der Waals surface area (Å²) in [4.78, 5) is 13.1. The smallest absolute Gasteiger partial charge is 0.222 e. The fourth-order valence-corrected chi connectivity index (χ4v) is 1.03. The van der Waals surface area contributed by atoms with Crippen LogP contribution in [0.5, 0.6) is 0 Å². The Morgan fingerprint density at radius 1 is 1.50 bits per heavy atom. The Bertz CT molecular complexity index is 174. The zero-order valence-electron chi connectivity index (χ0n) is 9.36. The molecule has 0 bridgehead atoms. The molecular formula is C10H22N2O2. The number of aliphatic hydroxyl groups is 1. The van der Waals surface area contributed by atoms with Crippen LogP contribution in [0.15, 0.2) is 0 Å². The van der Waals surface area contributed by atoms with Crippen molar-refractivity contribution in [2.45, 2.75) is 32.7 Å². The van der Waals surface area contributed by atoms with Crippen molar-refractivity contribution in [3.63, 3.8) is 0 Å². The number of hydrogen-bond acceptors (Lipinski definition) is 3. The summed E-state index contributed by atoms with van der Waals surface area (Å²) < 4.78 is 0. The second kappa shape index (κ2) is 6.79. The molecule has 0 heterocycles. The van der Waals surface area contributed by atoms with E-state index in [0.717, 1.165) is 6.42 Å². The Morgan fingerprint density at radius 2 is 2.07 bits per heavy atom. The molecule has 0 saturated heterocycles. The third-order valence-corrected chi connectivity index (χ3v) is 2.57. The quantitative estimate of drug-likeness (QED) is 0.646. The highest BCUT2D eigenvalue weighted by molar-refractivity contribution is 5.76. The molecule has 0 aliphatic carbocycles. The van der Waals surface area contributed by atoms with Gasteiger partial charge in [0.05, 0.1) is 12.6 Å². The van der Waals surface area contributed by atoms with E-state index in [4.69, 9.17) is 10.8 Å². The van der Waals surface area contributed by atoms with E-state index in [2.05, 4.69) is 0 Å². The number of carbonyl (C=O) groups excluding carboxylic acids is 1. The van der Waals surface area contributed by atoms with Crippen LogP contribution in [0, 0.1) is 5.92 Å². The predicted molar refractivity (Wildman–Crippen MR) is 56.8 cm³/mol. The zero-order chi connectivity index (χ0) is 11.1. The van der Waals surface area contributed by atoms with E-state index in [1.54, 1.807) is 11.9 Å². The van der Waals surface area contributed by atoms with Crippen molar-refractivity contribution in [3.05, 3.63) is 0 Å². The first kappa shape index (κ1) is 13.4. The second-order valence-electron chi connectivity index (χ2n) is 3.92. The molecule has 0 aliphatic rings. The van der Waals surface area contributed by atoms with Crippen molar-refractivity contribution in [2.75, 3.05) is 20.2 Å². The third kappa shape index (κ3) is 4.58. The monoisotopic (exact) mass is 202 g/mol. The topological polar surface area (TPSA) is 66.6 Å². The van der Waals surface area contributed by atoms with E-state index in [1.165, 1.54) is 0 Å². The molecule has 4 nitrogen and oxygen atoms in total. The van der Waals surface area contributed by atoms with Crippen LogP contribution in [0.3, 0.4) is 0 Å². The van der Waals surface area contributed by atoms with Crippen LogP contribution in [0.1, 0.15) is 26.7 Å². The molecule has 0 aromatic heterocycles. The molecule has 4 heteroatoms. The minimum atomic E-state index is -0.101. The number of aliphatic hydroxyl groups excluding tert-OH is 1. The van der Waals surface area contributed by atoms with Gasteiger partial charge in [0.1, 0.15) is 0 Å². The van der Waals surface area contributed by atoms with Crippen LogP contribution in [-0.2, 0) is 4.79 Å². The van der Waals surface area contributed by atoms with Crippen molar-refractivity contribution in [3.8, 4) is 0 Å². The van der Waals surface area contributed by atoms with Gasteiger partial charge >= 0.3 is 0 Å². The van der Waals surface area contributed by atoms with E-state index in [-0.39, 0.29) is 18.6 Å². The van der Waals surface area contributed by atoms with Gasteiger partial charge in [-0.25, -0.2) is 0 Å². The molecule has 2 atom stereocenters. The molecule has 0 fully saturated rings. The molecule has 0 aliphatic heterocycles. The molecule has 0 saturated carbocycles. The first-order valence-electron chi connectivity index (χ1n) is 5.09. The minimum Gasteiger partial charge on any atom is -0.394 e. The van der Waals surface area contributed by atoms with Crippen LogP contribution < -0.4 is 5.73 Å². The van der Waals surface area contributed by atoms with Crippen molar-refractivity contribution < 1.29 is 9.90 Å². The first-order valence-corrected chi connectivity index (χ1v) is 5.09. The average Bonchev–Trinajstić information content (AvgIpc) is 2.22. The molecular weight excluding hydrogens is 180 g/mol. The Kier molecular flexibility index (Phi) is 6.49. The Balaban J connectivity index is 3.84. The van der Waals surface area contributed by atoms with Crippen LogP contribution in [-0.4, -0.2) is 42.2 Å². The van der Waals surface area contributed by atoms with Gasteiger partial charge in [-0.15, -0.1) is 0 Å². The summed E-state index contributed by atoms with van der Waals surface area (Å²) in [6, 6.07) is -0.101. The summed E-state index contributed by atoms with van der Waals surface area (Å²) in [6.07, 6.45) is 1.33. The summed E-state index contributed by atoms with van der Waals surface area (Å²) in [5, 5.41) is 8.86. The molecule has 0 radical (unpaired) electrons. The van der Waals surface area contributed by atoms with Crippen molar-refractivity contribution in [1.82, 2.24) is 4.90 Å². The van der Waals surface area contributed by atoms with E-state index in [9.17, 15) is 4.79 Å². The lowest BCUT2D eigenvalue weighted by molar-refractivity contribution is -0.132. The molecule has 1 amide bonds. The molecule has 0 aromatic carbocycles. The summed E-state index contributed by atoms with van der Waals surface area (Å²) in [6.45, 7) is 4.48. The number of rotatable bonds is 6. The maximum atomic E-state index is 11.5. The maximum absolute atomic E-state index is 11.5. The number of likely N-dealkylation sites (N-methyl/N-ethyl adjacent to an activating group) is 1. The lowest BCUT2D eigenvalue weighted by atomic mass is 10.1. The summed E-state index contributed by atoms with van der Waals surface area (Å²) in [7, 11) is 1.72. The van der Waals surface area contributed by atoms with Crippen molar-refractivity contribution in [2.24, 2.45) is 11.7 Å². The molecule has 0 rings (SSSR count). The molecule has 0 aromatic rings. The van der Waals surface area contributed by atoms with Crippen LogP contribution >= 0.6 is 0 Å². The van der Waals surface area contributed by atoms with Gasteiger partial charge in [-0.1, -0.05) is 6.92 Å². The molecule has 84 valence electrons. The lowest BCUT2D eigenvalue weighted by Crippen LogP contribution is -2.37. The summed E-state index contributed by atoms with van der Waals surface area (Å²) in [5.74, 6) is 0.462. The van der Waals surface area contributed by atoms with Crippen LogP contribution in [0.2, 0.25) is 0 Å². The molecule has 14 heavy (non-hydrogen) atoms. The minimum absolute atomic E-state index is 0.00861. The van der Waals surface area contributed by atoms with Crippen molar-refractivity contribution in [1.29, 1.82) is 0 Å². The van der Waals surface area contributed by atoms with Gasteiger partial charge in [-0.3, -0.25) is 4.79 Å². The average molecular weight is 202 g/mol. The highest BCUT2D eigenvalue weighted by Crippen LogP contribution is 2.06. The molecule has 3 N–H and O–H groups in total. The normalized spacial score (nSPS) is 14.9. The number of carbonyl (C=O) groups is 1. The SMILES string of the molecule is CC(CN)CCC(=O)N(C)C(C)CO. The van der Waals surface area contributed by atoms with Crippen LogP contribution in [0.4, 0.5) is 0 Å². The lowest BCUT2D eigenvalue weighted by Gasteiger charge is -2.23. The number of nitrogens with zero attached hydrogens (tertiary/aromatic N) is 1. The predicted octanol–water partition coefficient (Wildman–Crippen LogP) is 0.201. The second-order valence-corrected chi connectivity index (χ2v) is 3.92. The van der Waals surface area contributed by atoms with Gasteiger partial charge in [0, 0.05) is 13.5 Å². The highest BCUT2D eigenvalue weighted by Gasteiger charge is 2.15. The first-order chi connectivity index (χ1) is 6.52. The fraction of sp³-hybridized carbons (Fsp3) is 0.900. The largest absolute Gasteiger partial charge is 0.394 e. The Labute approximate surface area is 86.1 Å². The van der Waals surface area contributed by atoms with Gasteiger partial charge in [0.2, 0.25) is 5.91 Å². The van der Waals surface area contributed by atoms with E-state index in [1.807, 2.05) is 13.8 Å². The van der Waals surface area contributed by atoms with Gasteiger partial charge in [-0.05, 0) is 25.8 Å². The molecule has 2 unspecified atom stereocenters. The maximum Gasteiger partial charge on any atom is 0.222 e. The van der Waals surface area contributed by atoms with Gasteiger partial charge in [0.15, 0.2) is 0 Å². The summed E-state index contributed by atoms with van der Waals surface area (Å²) >= 11 is 0. The number of nitrogens with two attached hydrogens (primary N) is 1. The summed E-state index contributed by atoms with van der Waals surface area (Å²) in [5.41, 5.74) is 5.46. The zero-order valence-corrected chi connectivity index (χ0v) is 9.36.